The van der Waals surface area contributed by atoms with Gasteiger partial charge in [-0.2, -0.15) is 0 Å². The lowest BCUT2D eigenvalue weighted by molar-refractivity contribution is -0.152. The SMILES string of the molecule is O=C1CCCC(CS(=O)(=O)c2ccccc2)O1. The Morgan fingerprint density at radius 2 is 1.94 bits per heavy atom. The van der Waals surface area contributed by atoms with Crippen LogP contribution in [0.1, 0.15) is 19.3 Å². The number of hydrogen-bond acceptors (Lipinski definition) is 4. The Balaban J connectivity index is 2.10. The Bertz CT molecular complexity index is 492. The Morgan fingerprint density at radius 3 is 2.59 bits per heavy atom. The summed E-state index contributed by atoms with van der Waals surface area (Å²) >= 11 is 0. The van der Waals surface area contributed by atoms with Crippen molar-refractivity contribution in [1.82, 2.24) is 0 Å². The van der Waals surface area contributed by atoms with Crippen molar-refractivity contribution in [3.8, 4) is 0 Å². The second kappa shape index (κ2) is 4.87. The van der Waals surface area contributed by atoms with E-state index in [0.29, 0.717) is 19.3 Å². The average Bonchev–Trinajstić information content (AvgIpc) is 2.29. The molecule has 0 radical (unpaired) electrons. The van der Waals surface area contributed by atoms with Crippen molar-refractivity contribution in [2.24, 2.45) is 0 Å². The summed E-state index contributed by atoms with van der Waals surface area (Å²) < 4.78 is 29.1. The molecule has 4 nitrogen and oxygen atoms in total. The highest BCUT2D eigenvalue weighted by molar-refractivity contribution is 7.91. The summed E-state index contributed by atoms with van der Waals surface area (Å²) in [6.45, 7) is 0. The van der Waals surface area contributed by atoms with Gasteiger partial charge in [0.1, 0.15) is 6.10 Å². The Hall–Kier alpha value is -1.36. The van der Waals surface area contributed by atoms with E-state index < -0.39 is 15.9 Å². The number of ether oxygens (including phenoxy) is 1. The summed E-state index contributed by atoms with van der Waals surface area (Å²) in [4.78, 5) is 11.4. The zero-order chi connectivity index (χ0) is 12.3. The maximum Gasteiger partial charge on any atom is 0.306 e. The standard InChI is InChI=1S/C12H14O4S/c13-12-8-4-5-10(16-12)9-17(14,15)11-6-2-1-3-7-11/h1-3,6-7,10H,4-5,8-9H2. The fraction of sp³-hybridized carbons (Fsp3) is 0.417. The Labute approximate surface area is 101 Å². The van der Waals surface area contributed by atoms with Gasteiger partial charge >= 0.3 is 5.97 Å². The fourth-order valence-electron chi connectivity index (χ4n) is 1.86. The Morgan fingerprint density at radius 1 is 1.24 bits per heavy atom. The van der Waals surface area contributed by atoms with Gasteiger partial charge in [-0.1, -0.05) is 18.2 Å². The van der Waals surface area contributed by atoms with Gasteiger partial charge in [-0.25, -0.2) is 8.42 Å². The lowest BCUT2D eigenvalue weighted by Crippen LogP contribution is -2.30. The van der Waals surface area contributed by atoms with E-state index in [1.165, 1.54) is 0 Å². The highest BCUT2D eigenvalue weighted by atomic mass is 32.2. The second-order valence-electron chi connectivity index (χ2n) is 4.10. The summed E-state index contributed by atoms with van der Waals surface area (Å²) in [7, 11) is -3.36. The van der Waals surface area contributed by atoms with Gasteiger partial charge in [-0.15, -0.1) is 0 Å². The monoisotopic (exact) mass is 254 g/mol. The van der Waals surface area contributed by atoms with Crippen molar-refractivity contribution in [2.75, 3.05) is 5.75 Å². The fourth-order valence-corrected chi connectivity index (χ4v) is 3.35. The molecule has 1 saturated heterocycles. The van der Waals surface area contributed by atoms with Gasteiger partial charge < -0.3 is 4.74 Å². The Kier molecular flexibility index (Phi) is 3.47. The predicted octanol–water partition coefficient (Wildman–Crippen LogP) is 1.56. The molecule has 1 heterocycles. The van der Waals surface area contributed by atoms with Gasteiger partial charge in [0.25, 0.3) is 0 Å². The van der Waals surface area contributed by atoms with Crippen LogP contribution in [0.5, 0.6) is 0 Å². The van der Waals surface area contributed by atoms with Crippen LogP contribution in [0.15, 0.2) is 35.2 Å². The molecular weight excluding hydrogens is 240 g/mol. The van der Waals surface area contributed by atoms with E-state index in [1.54, 1.807) is 30.3 Å². The first-order valence-corrected chi connectivity index (χ1v) is 7.20. The van der Waals surface area contributed by atoms with E-state index in [-0.39, 0.29) is 16.6 Å². The molecule has 1 fully saturated rings. The number of sulfone groups is 1. The number of rotatable bonds is 3. The summed E-state index contributed by atoms with van der Waals surface area (Å²) in [5, 5.41) is 0. The molecule has 1 aromatic carbocycles. The minimum absolute atomic E-state index is 0.122. The van der Waals surface area contributed by atoms with Crippen LogP contribution in [-0.2, 0) is 19.4 Å². The molecule has 5 heteroatoms. The quantitative estimate of drug-likeness (QED) is 0.768. The molecule has 0 N–H and O–H groups in total. The molecule has 1 unspecified atom stereocenters. The van der Waals surface area contributed by atoms with Gasteiger partial charge in [0.2, 0.25) is 0 Å². The van der Waals surface area contributed by atoms with Crippen molar-refractivity contribution in [1.29, 1.82) is 0 Å². The maximum atomic E-state index is 12.0. The molecular formula is C12H14O4S. The molecule has 0 aliphatic carbocycles. The molecule has 1 aromatic rings. The number of carbonyl (C=O) groups is 1. The molecule has 17 heavy (non-hydrogen) atoms. The first kappa shape index (κ1) is 12.1. The lowest BCUT2D eigenvalue weighted by Gasteiger charge is -2.21. The molecule has 0 amide bonds. The van der Waals surface area contributed by atoms with Gasteiger partial charge in [-0.05, 0) is 25.0 Å². The van der Waals surface area contributed by atoms with Crippen LogP contribution in [0.25, 0.3) is 0 Å². The summed E-state index contributed by atoms with van der Waals surface area (Å²) in [6, 6.07) is 8.24. The van der Waals surface area contributed by atoms with Gasteiger partial charge in [0.05, 0.1) is 10.6 Å². The molecule has 0 aromatic heterocycles. The zero-order valence-corrected chi connectivity index (χ0v) is 10.2. The predicted molar refractivity (Wildman–Crippen MR) is 62.2 cm³/mol. The molecule has 0 spiro atoms. The first-order valence-electron chi connectivity index (χ1n) is 5.55. The number of cyclic esters (lactones) is 1. The lowest BCUT2D eigenvalue weighted by atomic mass is 10.1. The van der Waals surface area contributed by atoms with E-state index in [0.717, 1.165) is 0 Å². The number of carbonyl (C=O) groups excluding carboxylic acids is 1. The number of esters is 1. The third kappa shape index (κ3) is 3.06. The third-order valence-corrected chi connectivity index (χ3v) is 4.51. The number of benzene rings is 1. The molecule has 2 rings (SSSR count). The maximum absolute atomic E-state index is 12.0. The van der Waals surface area contributed by atoms with Crippen molar-refractivity contribution in [2.45, 2.75) is 30.3 Å². The summed E-state index contributed by atoms with van der Waals surface area (Å²) in [6.07, 6.45) is 1.22. The molecule has 1 aliphatic rings. The molecule has 0 bridgehead atoms. The zero-order valence-electron chi connectivity index (χ0n) is 9.33. The summed E-state index contributed by atoms with van der Waals surface area (Å²) in [5.74, 6) is -0.424. The first-order chi connectivity index (χ1) is 8.08. The van der Waals surface area contributed by atoms with Crippen LogP contribution in [0, 0.1) is 0 Å². The van der Waals surface area contributed by atoms with E-state index in [4.69, 9.17) is 4.74 Å². The molecule has 0 saturated carbocycles. The summed E-state index contributed by atoms with van der Waals surface area (Å²) in [5.41, 5.74) is 0. The smallest absolute Gasteiger partial charge is 0.306 e. The molecule has 1 aliphatic heterocycles. The largest absolute Gasteiger partial charge is 0.461 e. The van der Waals surface area contributed by atoms with Crippen LogP contribution in [-0.4, -0.2) is 26.2 Å². The van der Waals surface area contributed by atoms with Crippen LogP contribution in [0.2, 0.25) is 0 Å². The van der Waals surface area contributed by atoms with Crippen LogP contribution in [0.4, 0.5) is 0 Å². The van der Waals surface area contributed by atoms with Crippen LogP contribution in [0.3, 0.4) is 0 Å². The van der Waals surface area contributed by atoms with Crippen LogP contribution < -0.4 is 0 Å². The van der Waals surface area contributed by atoms with Gasteiger partial charge in [-0.3, -0.25) is 4.79 Å². The van der Waals surface area contributed by atoms with Crippen molar-refractivity contribution in [3.63, 3.8) is 0 Å². The van der Waals surface area contributed by atoms with Crippen molar-refractivity contribution in [3.05, 3.63) is 30.3 Å². The molecule has 92 valence electrons. The van der Waals surface area contributed by atoms with E-state index in [1.807, 2.05) is 0 Å². The van der Waals surface area contributed by atoms with E-state index in [9.17, 15) is 13.2 Å². The average molecular weight is 254 g/mol. The van der Waals surface area contributed by atoms with E-state index in [2.05, 4.69) is 0 Å². The van der Waals surface area contributed by atoms with Crippen molar-refractivity contribution >= 4 is 15.8 Å². The highest BCUT2D eigenvalue weighted by Crippen LogP contribution is 2.19. The van der Waals surface area contributed by atoms with E-state index >= 15 is 0 Å². The minimum Gasteiger partial charge on any atom is -0.461 e. The van der Waals surface area contributed by atoms with Gasteiger partial charge in [0, 0.05) is 6.42 Å². The highest BCUT2D eigenvalue weighted by Gasteiger charge is 2.26. The van der Waals surface area contributed by atoms with Gasteiger partial charge in [0.15, 0.2) is 9.84 Å². The van der Waals surface area contributed by atoms with Crippen LogP contribution >= 0.6 is 0 Å². The molecule has 1 atom stereocenters. The topological polar surface area (TPSA) is 60.4 Å². The number of hydrogen-bond donors (Lipinski definition) is 0. The van der Waals surface area contributed by atoms with Crippen molar-refractivity contribution < 1.29 is 17.9 Å². The third-order valence-electron chi connectivity index (χ3n) is 2.71. The second-order valence-corrected chi connectivity index (χ2v) is 6.13. The minimum atomic E-state index is -3.36. The normalized spacial score (nSPS) is 20.9.